The van der Waals surface area contributed by atoms with Crippen LogP contribution in [-0.2, 0) is 11.3 Å². The quantitative estimate of drug-likeness (QED) is 0.805. The first-order chi connectivity index (χ1) is 12.3. The van der Waals surface area contributed by atoms with Crippen molar-refractivity contribution in [1.82, 2.24) is 10.2 Å². The molecule has 0 spiro atoms. The molecule has 136 valence electrons. The summed E-state index contributed by atoms with van der Waals surface area (Å²) in [6.45, 7) is 7.12. The first-order valence-corrected chi connectivity index (χ1v) is 9.24. The Bertz CT molecular complexity index is 576. The van der Waals surface area contributed by atoms with Crippen LogP contribution in [0.2, 0.25) is 0 Å². The van der Waals surface area contributed by atoms with E-state index in [4.69, 9.17) is 9.47 Å². The predicted molar refractivity (Wildman–Crippen MR) is 97.6 cm³/mol. The molecule has 1 aromatic rings. The number of amides is 2. The van der Waals surface area contributed by atoms with E-state index in [-0.39, 0.29) is 6.03 Å². The highest BCUT2D eigenvalue weighted by atomic mass is 16.5. The number of carbonyl (C=O) groups excluding carboxylic acids is 1. The number of hydrogen-bond donors (Lipinski definition) is 1. The molecule has 5 heteroatoms. The number of hydrogen-bond acceptors (Lipinski definition) is 3. The van der Waals surface area contributed by atoms with Crippen LogP contribution in [0.15, 0.2) is 36.9 Å². The van der Waals surface area contributed by atoms with Gasteiger partial charge in [0.2, 0.25) is 0 Å². The minimum Gasteiger partial charge on any atom is -0.489 e. The van der Waals surface area contributed by atoms with Gasteiger partial charge >= 0.3 is 6.03 Å². The molecule has 0 saturated carbocycles. The number of carbonyl (C=O) groups is 1. The molecule has 0 aliphatic carbocycles. The Labute approximate surface area is 150 Å². The molecule has 2 aliphatic heterocycles. The van der Waals surface area contributed by atoms with Gasteiger partial charge in [-0.25, -0.2) is 4.79 Å². The van der Waals surface area contributed by atoms with Crippen LogP contribution in [0.4, 0.5) is 4.79 Å². The molecule has 1 N–H and O–H groups in total. The fraction of sp³-hybridized carbons (Fsp3) is 0.550. The normalized spacial score (nSPS) is 21.1. The summed E-state index contributed by atoms with van der Waals surface area (Å²) >= 11 is 0. The van der Waals surface area contributed by atoms with Crippen molar-refractivity contribution in [1.29, 1.82) is 0 Å². The molecule has 1 atom stereocenters. The minimum atomic E-state index is 0.00399. The number of urea groups is 1. The van der Waals surface area contributed by atoms with Crippen molar-refractivity contribution in [3.63, 3.8) is 0 Å². The van der Waals surface area contributed by atoms with Crippen molar-refractivity contribution in [3.8, 4) is 5.75 Å². The van der Waals surface area contributed by atoms with Crippen molar-refractivity contribution >= 4 is 6.03 Å². The van der Waals surface area contributed by atoms with Gasteiger partial charge in [-0.1, -0.05) is 30.9 Å². The van der Waals surface area contributed by atoms with E-state index in [0.29, 0.717) is 25.2 Å². The lowest BCUT2D eigenvalue weighted by atomic mass is 9.90. The number of para-hydroxylation sites is 1. The van der Waals surface area contributed by atoms with E-state index in [1.807, 2.05) is 29.2 Å². The molecule has 2 amide bonds. The molecule has 5 nitrogen and oxygen atoms in total. The highest BCUT2D eigenvalue weighted by Gasteiger charge is 2.30. The zero-order chi connectivity index (χ0) is 17.5. The SMILES string of the molecule is C=CCOc1ccccc1CNC(=O)N1CCC([C@@H]2CCCO2)CC1. The summed E-state index contributed by atoms with van der Waals surface area (Å²) in [5.74, 6) is 1.40. The maximum atomic E-state index is 12.5. The van der Waals surface area contributed by atoms with Crippen LogP contribution in [-0.4, -0.2) is 43.3 Å². The molecule has 2 saturated heterocycles. The number of benzene rings is 1. The Morgan fingerprint density at radius 3 is 2.84 bits per heavy atom. The van der Waals surface area contributed by atoms with E-state index in [0.717, 1.165) is 43.9 Å². The first kappa shape index (κ1) is 17.8. The van der Waals surface area contributed by atoms with Crippen LogP contribution in [0.3, 0.4) is 0 Å². The molecular formula is C20H28N2O3. The highest BCUT2D eigenvalue weighted by molar-refractivity contribution is 5.74. The van der Waals surface area contributed by atoms with Gasteiger partial charge in [0.05, 0.1) is 6.10 Å². The van der Waals surface area contributed by atoms with Gasteiger partial charge in [0.1, 0.15) is 12.4 Å². The second kappa shape index (κ2) is 8.90. The number of nitrogens with zero attached hydrogens (tertiary/aromatic N) is 1. The molecule has 2 aliphatic rings. The van der Waals surface area contributed by atoms with E-state index < -0.39 is 0 Å². The maximum absolute atomic E-state index is 12.5. The summed E-state index contributed by atoms with van der Waals surface area (Å²) < 4.78 is 11.4. The van der Waals surface area contributed by atoms with Crippen LogP contribution in [0.1, 0.15) is 31.2 Å². The summed E-state index contributed by atoms with van der Waals surface area (Å²) in [7, 11) is 0. The smallest absolute Gasteiger partial charge is 0.317 e. The lowest BCUT2D eigenvalue weighted by Crippen LogP contribution is -2.45. The van der Waals surface area contributed by atoms with Crippen LogP contribution in [0.25, 0.3) is 0 Å². The van der Waals surface area contributed by atoms with Gasteiger partial charge in [-0.05, 0) is 37.7 Å². The Balaban J connectivity index is 1.46. The van der Waals surface area contributed by atoms with Gasteiger partial charge in [-0.3, -0.25) is 0 Å². The average Bonchev–Trinajstić information content (AvgIpc) is 3.20. The van der Waals surface area contributed by atoms with Gasteiger partial charge in [-0.15, -0.1) is 0 Å². The summed E-state index contributed by atoms with van der Waals surface area (Å²) in [5, 5.41) is 3.02. The first-order valence-electron chi connectivity index (χ1n) is 9.24. The summed E-state index contributed by atoms with van der Waals surface area (Å²) in [4.78, 5) is 14.4. The van der Waals surface area contributed by atoms with Crippen molar-refractivity contribution in [2.75, 3.05) is 26.3 Å². The zero-order valence-corrected chi connectivity index (χ0v) is 14.8. The number of ether oxygens (including phenoxy) is 2. The van der Waals surface area contributed by atoms with Gasteiger partial charge in [0.15, 0.2) is 0 Å². The lowest BCUT2D eigenvalue weighted by molar-refractivity contribution is 0.0372. The van der Waals surface area contributed by atoms with Gasteiger partial charge in [0, 0.05) is 31.8 Å². The molecule has 1 aromatic carbocycles. The van der Waals surface area contributed by atoms with E-state index in [2.05, 4.69) is 11.9 Å². The summed E-state index contributed by atoms with van der Waals surface area (Å²) in [5.41, 5.74) is 0.979. The summed E-state index contributed by atoms with van der Waals surface area (Å²) in [6, 6.07) is 7.78. The molecule has 2 heterocycles. The van der Waals surface area contributed by atoms with Gasteiger partial charge in [-0.2, -0.15) is 0 Å². The molecule has 0 aromatic heterocycles. The Morgan fingerprint density at radius 1 is 1.32 bits per heavy atom. The lowest BCUT2D eigenvalue weighted by Gasteiger charge is -2.34. The average molecular weight is 344 g/mol. The van der Waals surface area contributed by atoms with Gasteiger partial charge < -0.3 is 19.7 Å². The Kier molecular flexibility index (Phi) is 6.34. The fourth-order valence-corrected chi connectivity index (χ4v) is 3.67. The second-order valence-corrected chi connectivity index (χ2v) is 6.74. The van der Waals surface area contributed by atoms with Crippen molar-refractivity contribution in [2.24, 2.45) is 5.92 Å². The van der Waals surface area contributed by atoms with Crippen molar-refractivity contribution < 1.29 is 14.3 Å². The fourth-order valence-electron chi connectivity index (χ4n) is 3.67. The third-order valence-electron chi connectivity index (χ3n) is 5.08. The van der Waals surface area contributed by atoms with Crippen LogP contribution in [0.5, 0.6) is 5.75 Å². The molecule has 0 radical (unpaired) electrons. The molecule has 25 heavy (non-hydrogen) atoms. The van der Waals surface area contributed by atoms with Crippen LogP contribution >= 0.6 is 0 Å². The largest absolute Gasteiger partial charge is 0.489 e. The van der Waals surface area contributed by atoms with Crippen LogP contribution < -0.4 is 10.1 Å². The minimum absolute atomic E-state index is 0.00399. The highest BCUT2D eigenvalue weighted by Crippen LogP contribution is 2.28. The number of rotatable bonds is 6. The van der Waals surface area contributed by atoms with E-state index in [1.54, 1.807) is 6.08 Å². The predicted octanol–water partition coefficient (Wildman–Crippen LogP) is 3.35. The van der Waals surface area contributed by atoms with Crippen molar-refractivity contribution in [3.05, 3.63) is 42.5 Å². The molecule has 0 unspecified atom stereocenters. The molecular weight excluding hydrogens is 316 g/mol. The Morgan fingerprint density at radius 2 is 2.12 bits per heavy atom. The maximum Gasteiger partial charge on any atom is 0.317 e. The third-order valence-corrected chi connectivity index (χ3v) is 5.08. The molecule has 2 fully saturated rings. The monoisotopic (exact) mass is 344 g/mol. The second-order valence-electron chi connectivity index (χ2n) is 6.74. The van der Waals surface area contributed by atoms with E-state index in [9.17, 15) is 4.79 Å². The standard InChI is InChI=1S/C20H28N2O3/c1-2-13-24-19-7-4-3-6-17(19)15-21-20(23)22-11-9-16(10-12-22)18-8-5-14-25-18/h2-4,6-7,16,18H,1,5,8-15H2,(H,21,23)/t18-/m0/s1. The molecule has 3 rings (SSSR count). The number of likely N-dealkylation sites (tertiary alicyclic amines) is 1. The van der Waals surface area contributed by atoms with E-state index >= 15 is 0 Å². The summed E-state index contributed by atoms with van der Waals surface area (Å²) in [6.07, 6.45) is 6.57. The topological polar surface area (TPSA) is 50.8 Å². The van der Waals surface area contributed by atoms with E-state index in [1.165, 1.54) is 12.8 Å². The molecule has 0 bridgehead atoms. The Hall–Kier alpha value is -2.01. The third kappa shape index (κ3) is 4.75. The van der Waals surface area contributed by atoms with Crippen molar-refractivity contribution in [2.45, 2.75) is 38.3 Å². The van der Waals surface area contributed by atoms with Crippen LogP contribution in [0, 0.1) is 5.92 Å². The zero-order valence-electron chi connectivity index (χ0n) is 14.8. The number of piperidine rings is 1. The van der Waals surface area contributed by atoms with Gasteiger partial charge in [0.25, 0.3) is 0 Å². The number of nitrogens with one attached hydrogen (secondary N) is 1.